The molecule has 1 amide bonds. The molecule has 1 aromatic carbocycles. The van der Waals surface area contributed by atoms with Crippen LogP contribution >= 0.6 is 0 Å². The Morgan fingerprint density at radius 3 is 2.80 bits per heavy atom. The van der Waals surface area contributed by atoms with Crippen molar-refractivity contribution in [1.82, 2.24) is 20.4 Å². The first-order valence-electron chi connectivity index (χ1n) is 8.63. The minimum atomic E-state index is -0.0269. The molecule has 0 fully saturated rings. The molecule has 0 bridgehead atoms. The van der Waals surface area contributed by atoms with Crippen LogP contribution in [0, 0.1) is 6.92 Å². The molecule has 6 nitrogen and oxygen atoms in total. The predicted molar refractivity (Wildman–Crippen MR) is 98.7 cm³/mol. The average Bonchev–Trinajstić information content (AvgIpc) is 2.87. The van der Waals surface area contributed by atoms with Crippen LogP contribution in [0.25, 0.3) is 0 Å². The number of hydrogen-bond donors (Lipinski definition) is 2. The molecule has 2 aromatic rings. The summed E-state index contributed by atoms with van der Waals surface area (Å²) in [6, 6.07) is 7.88. The smallest absolute Gasteiger partial charge is 0.251 e. The zero-order chi connectivity index (χ0) is 18.4. The summed E-state index contributed by atoms with van der Waals surface area (Å²) in [4.78, 5) is 12.2. The van der Waals surface area contributed by atoms with Gasteiger partial charge in [0, 0.05) is 31.7 Å². The van der Waals surface area contributed by atoms with Gasteiger partial charge in [-0.25, -0.2) is 4.68 Å². The monoisotopic (exact) mass is 344 g/mol. The third kappa shape index (κ3) is 4.82. The second-order valence-electron chi connectivity index (χ2n) is 6.28. The number of aryl methyl sites for hydroxylation is 2. The van der Waals surface area contributed by atoms with Gasteiger partial charge in [-0.05, 0) is 38.0 Å². The maximum Gasteiger partial charge on any atom is 0.251 e. The standard InChI is InChI=1S/C19H28N4O2/c1-6-13(2)21-18(24)16-9-7-8-15(10-16)11-20-12-17-14(3)22-23(4)19(17)25-5/h7-10,13,20H,6,11-12H2,1-5H3,(H,21,24)/t13-/m0/s1. The van der Waals surface area contributed by atoms with E-state index in [1.54, 1.807) is 11.8 Å². The van der Waals surface area contributed by atoms with E-state index >= 15 is 0 Å². The van der Waals surface area contributed by atoms with Crippen LogP contribution in [-0.4, -0.2) is 28.8 Å². The van der Waals surface area contributed by atoms with Crippen LogP contribution in [0.2, 0.25) is 0 Å². The van der Waals surface area contributed by atoms with Gasteiger partial charge < -0.3 is 15.4 Å². The summed E-state index contributed by atoms with van der Waals surface area (Å²) >= 11 is 0. The lowest BCUT2D eigenvalue weighted by Gasteiger charge is -2.12. The first kappa shape index (κ1) is 19.0. The van der Waals surface area contributed by atoms with Crippen LogP contribution in [0.5, 0.6) is 5.88 Å². The number of benzene rings is 1. The molecule has 0 saturated heterocycles. The molecule has 1 atom stereocenters. The maximum absolute atomic E-state index is 12.2. The molecule has 136 valence electrons. The van der Waals surface area contributed by atoms with Crippen molar-refractivity contribution in [2.45, 2.75) is 46.3 Å². The first-order valence-corrected chi connectivity index (χ1v) is 8.63. The molecule has 1 aromatic heterocycles. The Balaban J connectivity index is 1.98. The molecule has 0 aliphatic heterocycles. The van der Waals surface area contributed by atoms with E-state index in [1.807, 2.05) is 45.2 Å². The van der Waals surface area contributed by atoms with Gasteiger partial charge in [0.05, 0.1) is 18.4 Å². The predicted octanol–water partition coefficient (Wildman–Crippen LogP) is 2.56. The highest BCUT2D eigenvalue weighted by Gasteiger charge is 2.13. The van der Waals surface area contributed by atoms with E-state index < -0.39 is 0 Å². The van der Waals surface area contributed by atoms with Crippen molar-refractivity contribution in [2.24, 2.45) is 7.05 Å². The maximum atomic E-state index is 12.2. The molecule has 0 aliphatic rings. The second kappa shape index (κ2) is 8.67. The van der Waals surface area contributed by atoms with Gasteiger partial charge in [-0.3, -0.25) is 4.79 Å². The second-order valence-corrected chi connectivity index (χ2v) is 6.28. The molecule has 0 saturated carbocycles. The van der Waals surface area contributed by atoms with Crippen LogP contribution in [0.1, 0.15) is 47.4 Å². The van der Waals surface area contributed by atoms with Gasteiger partial charge in [0.25, 0.3) is 5.91 Å². The van der Waals surface area contributed by atoms with Crippen LogP contribution in [0.15, 0.2) is 24.3 Å². The molecule has 2 rings (SSSR count). The normalized spacial score (nSPS) is 12.0. The van der Waals surface area contributed by atoms with Crippen molar-refractivity contribution < 1.29 is 9.53 Å². The van der Waals surface area contributed by atoms with Crippen LogP contribution < -0.4 is 15.4 Å². The molecule has 2 N–H and O–H groups in total. The number of carbonyl (C=O) groups is 1. The lowest BCUT2D eigenvalue weighted by atomic mass is 10.1. The number of rotatable bonds is 8. The Morgan fingerprint density at radius 1 is 1.36 bits per heavy atom. The zero-order valence-corrected chi connectivity index (χ0v) is 15.7. The van der Waals surface area contributed by atoms with Crippen molar-refractivity contribution >= 4 is 5.91 Å². The Hall–Kier alpha value is -2.34. The van der Waals surface area contributed by atoms with Crippen molar-refractivity contribution in [3.63, 3.8) is 0 Å². The summed E-state index contributed by atoms with van der Waals surface area (Å²) < 4.78 is 7.15. The van der Waals surface area contributed by atoms with Gasteiger partial charge in [-0.1, -0.05) is 19.1 Å². The lowest BCUT2D eigenvalue weighted by molar-refractivity contribution is 0.0939. The number of nitrogens with zero attached hydrogens (tertiary/aromatic N) is 2. The van der Waals surface area contributed by atoms with Gasteiger partial charge in [-0.15, -0.1) is 0 Å². The first-order chi connectivity index (χ1) is 12.0. The van der Waals surface area contributed by atoms with E-state index in [0.29, 0.717) is 18.7 Å². The highest BCUT2D eigenvalue weighted by molar-refractivity contribution is 5.94. The van der Waals surface area contributed by atoms with Gasteiger partial charge in [-0.2, -0.15) is 5.10 Å². The fraction of sp³-hybridized carbons (Fsp3) is 0.474. The molecule has 0 radical (unpaired) electrons. The Kier molecular flexibility index (Phi) is 6.58. The molecule has 1 heterocycles. The minimum absolute atomic E-state index is 0.0269. The number of carbonyl (C=O) groups excluding carboxylic acids is 1. The molecule has 0 aliphatic carbocycles. The Labute approximate surface area is 149 Å². The van der Waals surface area contributed by atoms with Crippen molar-refractivity contribution in [3.05, 3.63) is 46.6 Å². The molecular formula is C19H28N4O2. The highest BCUT2D eigenvalue weighted by Crippen LogP contribution is 2.20. The highest BCUT2D eigenvalue weighted by atomic mass is 16.5. The van der Waals surface area contributed by atoms with E-state index in [4.69, 9.17) is 4.74 Å². The quantitative estimate of drug-likeness (QED) is 0.772. The molecule has 0 spiro atoms. The van der Waals surface area contributed by atoms with Gasteiger partial charge >= 0.3 is 0 Å². The fourth-order valence-corrected chi connectivity index (χ4v) is 2.70. The summed E-state index contributed by atoms with van der Waals surface area (Å²) in [7, 11) is 3.52. The van der Waals surface area contributed by atoms with Crippen molar-refractivity contribution in [1.29, 1.82) is 0 Å². The Morgan fingerprint density at radius 2 is 2.12 bits per heavy atom. The number of ether oxygens (including phenoxy) is 1. The van der Waals surface area contributed by atoms with E-state index in [1.165, 1.54) is 0 Å². The third-order valence-corrected chi connectivity index (χ3v) is 4.29. The molecular weight excluding hydrogens is 316 g/mol. The average molecular weight is 344 g/mol. The number of hydrogen-bond acceptors (Lipinski definition) is 4. The van der Waals surface area contributed by atoms with Crippen molar-refractivity contribution in [2.75, 3.05) is 7.11 Å². The molecule has 6 heteroatoms. The SMILES string of the molecule is CC[C@H](C)NC(=O)c1cccc(CNCc2c(C)nn(C)c2OC)c1. The minimum Gasteiger partial charge on any atom is -0.481 e. The van der Waals surface area contributed by atoms with Gasteiger partial charge in [0.2, 0.25) is 5.88 Å². The summed E-state index contributed by atoms with van der Waals surface area (Å²) in [6.07, 6.45) is 0.916. The van der Waals surface area contributed by atoms with E-state index in [-0.39, 0.29) is 11.9 Å². The van der Waals surface area contributed by atoms with E-state index in [0.717, 1.165) is 29.1 Å². The topological polar surface area (TPSA) is 68.2 Å². The number of methoxy groups -OCH3 is 1. The number of amides is 1. The number of nitrogens with one attached hydrogen (secondary N) is 2. The van der Waals surface area contributed by atoms with E-state index in [2.05, 4.69) is 22.7 Å². The largest absolute Gasteiger partial charge is 0.481 e. The summed E-state index contributed by atoms with van der Waals surface area (Å²) in [6.45, 7) is 7.36. The van der Waals surface area contributed by atoms with Crippen LogP contribution in [-0.2, 0) is 20.1 Å². The van der Waals surface area contributed by atoms with Crippen LogP contribution in [0.4, 0.5) is 0 Å². The Bertz CT molecular complexity index is 724. The third-order valence-electron chi connectivity index (χ3n) is 4.29. The lowest BCUT2D eigenvalue weighted by Crippen LogP contribution is -2.32. The van der Waals surface area contributed by atoms with Gasteiger partial charge in [0.15, 0.2) is 0 Å². The fourth-order valence-electron chi connectivity index (χ4n) is 2.70. The molecule has 25 heavy (non-hydrogen) atoms. The van der Waals surface area contributed by atoms with Crippen molar-refractivity contribution in [3.8, 4) is 5.88 Å². The summed E-state index contributed by atoms with van der Waals surface area (Å²) in [5.74, 6) is 0.743. The summed E-state index contributed by atoms with van der Waals surface area (Å²) in [5.41, 5.74) is 3.76. The van der Waals surface area contributed by atoms with Gasteiger partial charge in [0.1, 0.15) is 0 Å². The van der Waals surface area contributed by atoms with Crippen LogP contribution in [0.3, 0.4) is 0 Å². The number of aromatic nitrogens is 2. The zero-order valence-electron chi connectivity index (χ0n) is 15.7. The van der Waals surface area contributed by atoms with E-state index in [9.17, 15) is 4.79 Å². The summed E-state index contributed by atoms with van der Waals surface area (Å²) in [5, 5.41) is 10.8. The molecule has 0 unspecified atom stereocenters.